The molecule has 0 spiro atoms. The fraction of sp³-hybridized carbons (Fsp3) is 0.385. The van der Waals surface area contributed by atoms with E-state index in [1.807, 2.05) is 0 Å². The second-order valence-corrected chi connectivity index (χ2v) is 3.86. The normalized spacial score (nSPS) is 14.4. The summed E-state index contributed by atoms with van der Waals surface area (Å²) in [7, 11) is 2.94. The molecule has 17 heavy (non-hydrogen) atoms. The van der Waals surface area contributed by atoms with Gasteiger partial charge in [0.05, 0.1) is 25.5 Å². The van der Waals surface area contributed by atoms with E-state index < -0.39 is 0 Å². The topological polar surface area (TPSA) is 48.4 Å². The van der Waals surface area contributed by atoms with Gasteiger partial charge in [-0.25, -0.2) is 9.78 Å². The average molecular weight is 233 g/mol. The Morgan fingerprint density at radius 1 is 1.35 bits per heavy atom. The Morgan fingerprint density at radius 3 is 2.76 bits per heavy atom. The van der Waals surface area contributed by atoms with Crippen molar-refractivity contribution in [2.24, 2.45) is 0 Å². The lowest BCUT2D eigenvalue weighted by atomic mass is 10.1. The largest absolute Gasteiger partial charge is 0.481 e. The van der Waals surface area contributed by atoms with Crippen LogP contribution in [-0.2, 0) is 4.74 Å². The molecule has 1 heterocycles. The Hall–Kier alpha value is -1.84. The van der Waals surface area contributed by atoms with E-state index in [-0.39, 0.29) is 5.97 Å². The molecule has 2 rings (SSSR count). The molecule has 0 saturated carbocycles. The van der Waals surface area contributed by atoms with E-state index in [0.29, 0.717) is 17.1 Å². The van der Waals surface area contributed by atoms with E-state index in [1.54, 1.807) is 19.2 Å². The molecule has 4 heteroatoms. The zero-order valence-corrected chi connectivity index (χ0v) is 10.0. The molecule has 4 nitrogen and oxygen atoms in total. The van der Waals surface area contributed by atoms with Crippen LogP contribution in [0.3, 0.4) is 0 Å². The van der Waals surface area contributed by atoms with Crippen molar-refractivity contribution in [3.63, 3.8) is 0 Å². The fourth-order valence-corrected chi connectivity index (χ4v) is 1.96. The van der Waals surface area contributed by atoms with Gasteiger partial charge in [0.25, 0.3) is 0 Å². The van der Waals surface area contributed by atoms with Crippen molar-refractivity contribution in [2.75, 3.05) is 14.2 Å². The summed E-state index contributed by atoms with van der Waals surface area (Å²) in [6.07, 6.45) is 5.21. The monoisotopic (exact) mass is 233 g/mol. The number of ether oxygens (including phenoxy) is 2. The summed E-state index contributed by atoms with van der Waals surface area (Å²) >= 11 is 0. The molecule has 0 N–H and O–H groups in total. The lowest BCUT2D eigenvalue weighted by Crippen LogP contribution is -2.07. The van der Waals surface area contributed by atoms with Gasteiger partial charge in [-0.05, 0) is 30.9 Å². The van der Waals surface area contributed by atoms with E-state index in [1.165, 1.54) is 7.11 Å². The summed E-state index contributed by atoms with van der Waals surface area (Å²) in [4.78, 5) is 16.0. The Kier molecular flexibility index (Phi) is 3.42. The quantitative estimate of drug-likeness (QED) is 0.752. The number of allylic oxidation sites excluding steroid dienone is 2. The van der Waals surface area contributed by atoms with E-state index in [4.69, 9.17) is 9.47 Å². The first-order chi connectivity index (χ1) is 8.26. The summed E-state index contributed by atoms with van der Waals surface area (Å²) in [5, 5.41) is 0. The van der Waals surface area contributed by atoms with Crippen LogP contribution in [0.2, 0.25) is 0 Å². The number of carbonyl (C=O) groups excluding carboxylic acids is 1. The van der Waals surface area contributed by atoms with Gasteiger partial charge < -0.3 is 9.47 Å². The molecule has 0 radical (unpaired) electrons. The molecule has 1 aliphatic rings. The minimum absolute atomic E-state index is 0.358. The number of esters is 1. The van der Waals surface area contributed by atoms with Crippen LogP contribution < -0.4 is 4.74 Å². The Labute approximate surface area is 100 Å². The molecule has 0 atom stereocenters. The van der Waals surface area contributed by atoms with Crippen LogP contribution in [0.5, 0.6) is 5.88 Å². The number of aromatic nitrogens is 1. The molecule has 0 fully saturated rings. The van der Waals surface area contributed by atoms with Gasteiger partial charge in [0.15, 0.2) is 0 Å². The first-order valence-corrected chi connectivity index (χ1v) is 5.59. The van der Waals surface area contributed by atoms with Crippen LogP contribution in [0.15, 0.2) is 18.2 Å². The highest BCUT2D eigenvalue weighted by molar-refractivity contribution is 5.94. The molecular formula is C13H15NO3. The molecular weight excluding hydrogens is 218 g/mol. The van der Waals surface area contributed by atoms with Gasteiger partial charge in [0, 0.05) is 6.07 Å². The number of hydrogen-bond donors (Lipinski definition) is 0. The first kappa shape index (κ1) is 11.6. The number of rotatable bonds is 3. The predicted octanol–water partition coefficient (Wildman–Crippen LogP) is 2.44. The summed E-state index contributed by atoms with van der Waals surface area (Å²) in [6, 6.07) is 3.37. The second kappa shape index (κ2) is 4.99. The average Bonchev–Trinajstić information content (AvgIpc) is 2.91. The van der Waals surface area contributed by atoms with Gasteiger partial charge in [-0.1, -0.05) is 6.08 Å². The van der Waals surface area contributed by atoms with Crippen molar-refractivity contribution in [3.8, 4) is 5.88 Å². The predicted molar refractivity (Wildman–Crippen MR) is 64.0 cm³/mol. The van der Waals surface area contributed by atoms with E-state index in [2.05, 4.69) is 11.1 Å². The molecule has 0 unspecified atom stereocenters. The van der Waals surface area contributed by atoms with E-state index in [0.717, 1.165) is 24.8 Å². The third-order valence-corrected chi connectivity index (χ3v) is 2.83. The van der Waals surface area contributed by atoms with E-state index >= 15 is 0 Å². The first-order valence-electron chi connectivity index (χ1n) is 5.59. The molecule has 0 bridgehead atoms. The fourth-order valence-electron chi connectivity index (χ4n) is 1.96. The Balaban J connectivity index is 2.47. The summed E-state index contributed by atoms with van der Waals surface area (Å²) in [6.45, 7) is 0. The summed E-state index contributed by atoms with van der Waals surface area (Å²) in [5.41, 5.74) is 2.29. The van der Waals surface area contributed by atoms with Gasteiger partial charge in [-0.2, -0.15) is 0 Å². The van der Waals surface area contributed by atoms with Crippen LogP contribution in [0.4, 0.5) is 0 Å². The zero-order valence-electron chi connectivity index (χ0n) is 10.0. The van der Waals surface area contributed by atoms with Crippen LogP contribution in [0.25, 0.3) is 5.57 Å². The van der Waals surface area contributed by atoms with Crippen LogP contribution >= 0.6 is 0 Å². The Bertz CT molecular complexity index is 466. The van der Waals surface area contributed by atoms with Crippen molar-refractivity contribution in [1.82, 2.24) is 4.98 Å². The number of carbonyl (C=O) groups is 1. The van der Waals surface area contributed by atoms with Gasteiger partial charge in [-0.15, -0.1) is 0 Å². The molecule has 90 valence electrons. The van der Waals surface area contributed by atoms with Crippen molar-refractivity contribution in [1.29, 1.82) is 0 Å². The second-order valence-electron chi connectivity index (χ2n) is 3.86. The number of nitrogens with zero attached hydrogens (tertiary/aromatic N) is 1. The summed E-state index contributed by atoms with van der Waals surface area (Å²) in [5.74, 6) is 0.156. The number of pyridine rings is 1. The third-order valence-electron chi connectivity index (χ3n) is 2.83. The van der Waals surface area contributed by atoms with Crippen molar-refractivity contribution in [3.05, 3.63) is 29.5 Å². The third kappa shape index (κ3) is 2.30. The minimum atomic E-state index is -0.358. The Morgan fingerprint density at radius 2 is 2.18 bits per heavy atom. The smallest absolute Gasteiger partial charge is 0.340 e. The molecule has 1 aromatic heterocycles. The highest BCUT2D eigenvalue weighted by Gasteiger charge is 2.19. The maximum Gasteiger partial charge on any atom is 0.340 e. The zero-order chi connectivity index (χ0) is 12.3. The standard InChI is InChI=1S/C13H15NO3/c1-16-11-8-7-10(13(15)17-2)12(14-11)9-5-3-4-6-9/h5,7-8H,3-4,6H2,1-2H3. The molecule has 1 aliphatic carbocycles. The number of hydrogen-bond acceptors (Lipinski definition) is 4. The maximum atomic E-state index is 11.7. The van der Waals surface area contributed by atoms with Crippen molar-refractivity contribution < 1.29 is 14.3 Å². The SMILES string of the molecule is COC(=O)c1ccc(OC)nc1C1=CCCC1. The number of methoxy groups -OCH3 is 2. The summed E-state index contributed by atoms with van der Waals surface area (Å²) < 4.78 is 9.86. The lowest BCUT2D eigenvalue weighted by molar-refractivity contribution is 0.0600. The van der Waals surface area contributed by atoms with Crippen molar-refractivity contribution >= 4 is 11.5 Å². The van der Waals surface area contributed by atoms with Crippen LogP contribution in [0.1, 0.15) is 35.3 Å². The van der Waals surface area contributed by atoms with Crippen LogP contribution in [-0.4, -0.2) is 25.2 Å². The van der Waals surface area contributed by atoms with Gasteiger partial charge >= 0.3 is 5.97 Å². The van der Waals surface area contributed by atoms with E-state index in [9.17, 15) is 4.79 Å². The molecule has 1 aromatic rings. The minimum Gasteiger partial charge on any atom is -0.481 e. The van der Waals surface area contributed by atoms with Crippen molar-refractivity contribution in [2.45, 2.75) is 19.3 Å². The van der Waals surface area contributed by atoms with Crippen LogP contribution in [0, 0.1) is 0 Å². The lowest BCUT2D eigenvalue weighted by Gasteiger charge is -2.09. The molecule has 0 aliphatic heterocycles. The molecule has 0 aromatic carbocycles. The van der Waals surface area contributed by atoms with Gasteiger partial charge in [0.2, 0.25) is 5.88 Å². The maximum absolute atomic E-state index is 11.7. The highest BCUT2D eigenvalue weighted by atomic mass is 16.5. The van der Waals surface area contributed by atoms with Gasteiger partial charge in [-0.3, -0.25) is 0 Å². The molecule has 0 amide bonds. The molecule has 0 saturated heterocycles. The van der Waals surface area contributed by atoms with Gasteiger partial charge in [0.1, 0.15) is 0 Å². The highest BCUT2D eigenvalue weighted by Crippen LogP contribution is 2.30.